The Bertz CT molecular complexity index is 1190. The van der Waals surface area contributed by atoms with E-state index in [0.717, 1.165) is 11.6 Å². The number of benzene rings is 2. The van der Waals surface area contributed by atoms with E-state index in [-0.39, 0.29) is 33.1 Å². The summed E-state index contributed by atoms with van der Waals surface area (Å²) >= 11 is 0. The number of carboxylic acids is 1. The summed E-state index contributed by atoms with van der Waals surface area (Å²) in [5.41, 5.74) is 1.14. The van der Waals surface area contributed by atoms with Crippen molar-refractivity contribution in [3.05, 3.63) is 63.6 Å². The Kier molecular flexibility index (Phi) is 5.83. The van der Waals surface area contributed by atoms with Crippen LogP contribution < -0.4 is 10.3 Å². The maximum atomic E-state index is 13.7. The lowest BCUT2D eigenvalue weighted by Gasteiger charge is -2.26. The Labute approximate surface area is 169 Å². The average Bonchev–Trinajstić information content (AvgIpc) is 2.69. The number of hydrogen-bond acceptors (Lipinski definition) is 5. The van der Waals surface area contributed by atoms with Crippen LogP contribution in [0.2, 0.25) is 0 Å². The molecule has 29 heavy (non-hydrogen) atoms. The van der Waals surface area contributed by atoms with Crippen molar-refractivity contribution in [2.24, 2.45) is 0 Å². The van der Waals surface area contributed by atoms with E-state index in [1.54, 1.807) is 37.8 Å². The number of carboxylic acid groups (broad SMARTS) is 1. The topological polar surface area (TPSA) is 87.8 Å². The summed E-state index contributed by atoms with van der Waals surface area (Å²) in [4.78, 5) is 26.0. The minimum Gasteiger partial charge on any atom is -0.478 e. The fourth-order valence-corrected chi connectivity index (χ4v) is 3.90. The SMILES string of the molecule is CCN(c1ccc(F)cc1C(=O)O)c1cc(C)cc2c(=O)cc(S(=O)CC)oc12. The minimum absolute atomic E-state index is 0.0590. The van der Waals surface area contributed by atoms with Gasteiger partial charge in [0.15, 0.2) is 16.1 Å². The van der Waals surface area contributed by atoms with Crippen LogP contribution in [0.1, 0.15) is 29.8 Å². The van der Waals surface area contributed by atoms with Crippen LogP contribution in [-0.2, 0) is 10.8 Å². The smallest absolute Gasteiger partial charge is 0.337 e. The molecule has 3 aromatic rings. The Morgan fingerprint density at radius 3 is 2.52 bits per heavy atom. The van der Waals surface area contributed by atoms with E-state index < -0.39 is 22.6 Å². The molecule has 6 nitrogen and oxygen atoms in total. The number of aromatic carboxylic acids is 1. The molecule has 0 aliphatic heterocycles. The maximum Gasteiger partial charge on any atom is 0.337 e. The van der Waals surface area contributed by atoms with E-state index in [1.165, 1.54) is 18.2 Å². The number of hydrogen-bond donors (Lipinski definition) is 1. The largest absolute Gasteiger partial charge is 0.478 e. The molecule has 0 saturated carbocycles. The van der Waals surface area contributed by atoms with Gasteiger partial charge in [-0.2, -0.15) is 0 Å². The second-order valence-corrected chi connectivity index (χ2v) is 8.11. The van der Waals surface area contributed by atoms with Crippen LogP contribution in [0.4, 0.5) is 15.8 Å². The van der Waals surface area contributed by atoms with Gasteiger partial charge in [-0.1, -0.05) is 6.92 Å². The molecule has 1 heterocycles. The van der Waals surface area contributed by atoms with Gasteiger partial charge in [0.25, 0.3) is 0 Å². The second-order valence-electron chi connectivity index (χ2n) is 6.44. The van der Waals surface area contributed by atoms with Crippen molar-refractivity contribution >= 4 is 39.1 Å². The van der Waals surface area contributed by atoms with E-state index >= 15 is 0 Å². The molecule has 0 radical (unpaired) electrons. The standard InChI is InChI=1S/C21H20FNO5S/c1-4-23(16-7-6-13(22)10-14(16)21(25)26)17-9-12(3)8-15-18(24)11-19(28-20(15)17)29(27)5-2/h6-11H,4-5H2,1-3H3,(H,25,26). The molecule has 0 aliphatic carbocycles. The van der Waals surface area contributed by atoms with Crippen molar-refractivity contribution < 1.29 is 22.9 Å². The first kappa shape index (κ1) is 20.7. The molecule has 8 heteroatoms. The Morgan fingerprint density at radius 2 is 1.90 bits per heavy atom. The number of aryl methyl sites for hydroxylation is 1. The third-order valence-corrected chi connectivity index (χ3v) is 5.68. The number of rotatable bonds is 6. The van der Waals surface area contributed by atoms with Crippen LogP contribution in [0.25, 0.3) is 11.0 Å². The first-order valence-electron chi connectivity index (χ1n) is 9.04. The summed E-state index contributed by atoms with van der Waals surface area (Å²) < 4.78 is 31.7. The lowest BCUT2D eigenvalue weighted by molar-refractivity contribution is 0.0697. The molecule has 1 N–H and O–H groups in total. The van der Waals surface area contributed by atoms with Gasteiger partial charge in [0.1, 0.15) is 5.82 Å². The second kappa shape index (κ2) is 8.16. The van der Waals surface area contributed by atoms with Gasteiger partial charge in [0.05, 0.1) is 33.1 Å². The van der Waals surface area contributed by atoms with Crippen molar-refractivity contribution in [1.29, 1.82) is 0 Å². The van der Waals surface area contributed by atoms with Crippen molar-refractivity contribution in [1.82, 2.24) is 0 Å². The third kappa shape index (κ3) is 3.93. The highest BCUT2D eigenvalue weighted by molar-refractivity contribution is 7.84. The zero-order chi connectivity index (χ0) is 21.3. The van der Waals surface area contributed by atoms with Gasteiger partial charge in [0.2, 0.25) is 0 Å². The normalized spacial score (nSPS) is 12.1. The highest BCUT2D eigenvalue weighted by Gasteiger charge is 2.22. The summed E-state index contributed by atoms with van der Waals surface area (Å²) in [6.45, 7) is 5.65. The fraction of sp³-hybridized carbons (Fsp3) is 0.238. The molecule has 1 atom stereocenters. The molecule has 1 unspecified atom stereocenters. The predicted octanol–water partition coefficient (Wildman–Crippen LogP) is 4.22. The van der Waals surface area contributed by atoms with E-state index in [0.29, 0.717) is 17.6 Å². The summed E-state index contributed by atoms with van der Waals surface area (Å²) in [6, 6.07) is 8.15. The molecule has 0 amide bonds. The predicted molar refractivity (Wildman–Crippen MR) is 110 cm³/mol. The Hall–Kier alpha value is -3.00. The summed E-state index contributed by atoms with van der Waals surface area (Å²) in [5, 5.41) is 9.89. The molecular formula is C21H20FNO5S. The first-order chi connectivity index (χ1) is 13.8. The van der Waals surface area contributed by atoms with Gasteiger partial charge in [-0.05, 0) is 49.7 Å². The average molecular weight is 417 g/mol. The number of nitrogens with zero attached hydrogens (tertiary/aromatic N) is 1. The van der Waals surface area contributed by atoms with Crippen LogP contribution in [0.15, 0.2) is 50.7 Å². The van der Waals surface area contributed by atoms with Gasteiger partial charge in [-0.15, -0.1) is 0 Å². The van der Waals surface area contributed by atoms with Crippen molar-refractivity contribution in [2.45, 2.75) is 25.9 Å². The van der Waals surface area contributed by atoms with Crippen LogP contribution in [0.3, 0.4) is 0 Å². The highest BCUT2D eigenvalue weighted by atomic mass is 32.2. The number of fused-ring (bicyclic) bond motifs is 1. The van der Waals surface area contributed by atoms with Crippen LogP contribution in [0.5, 0.6) is 0 Å². The van der Waals surface area contributed by atoms with E-state index in [4.69, 9.17) is 4.42 Å². The van der Waals surface area contributed by atoms with Gasteiger partial charge < -0.3 is 14.4 Å². The molecule has 1 aromatic heterocycles. The summed E-state index contributed by atoms with van der Waals surface area (Å²) in [6.07, 6.45) is 0. The first-order valence-corrected chi connectivity index (χ1v) is 10.4. The number of halogens is 1. The third-order valence-electron chi connectivity index (χ3n) is 4.50. The molecule has 0 saturated heterocycles. The molecule has 152 valence electrons. The monoisotopic (exact) mass is 417 g/mol. The number of carbonyl (C=O) groups is 1. The lowest BCUT2D eigenvalue weighted by atomic mass is 10.1. The number of anilines is 2. The molecular weight excluding hydrogens is 397 g/mol. The maximum absolute atomic E-state index is 13.7. The quantitative estimate of drug-likeness (QED) is 0.646. The van der Waals surface area contributed by atoms with E-state index in [1.807, 2.05) is 0 Å². The molecule has 0 spiro atoms. The molecule has 0 aliphatic rings. The molecule has 2 aromatic carbocycles. The molecule has 3 rings (SSSR count). The summed E-state index contributed by atoms with van der Waals surface area (Å²) in [5.74, 6) is -1.65. The fourth-order valence-electron chi connectivity index (χ4n) is 3.20. The van der Waals surface area contributed by atoms with Gasteiger partial charge in [0, 0.05) is 18.4 Å². The lowest BCUT2D eigenvalue weighted by Crippen LogP contribution is -2.20. The van der Waals surface area contributed by atoms with Crippen molar-refractivity contribution in [2.75, 3.05) is 17.2 Å². The Balaban J connectivity index is 2.35. The van der Waals surface area contributed by atoms with Crippen LogP contribution in [0, 0.1) is 12.7 Å². The minimum atomic E-state index is -1.47. The molecule has 0 fully saturated rings. The van der Waals surface area contributed by atoms with Crippen molar-refractivity contribution in [3.63, 3.8) is 0 Å². The van der Waals surface area contributed by atoms with Crippen LogP contribution >= 0.6 is 0 Å². The Morgan fingerprint density at radius 1 is 1.17 bits per heavy atom. The van der Waals surface area contributed by atoms with Gasteiger partial charge >= 0.3 is 5.97 Å². The molecule has 0 bridgehead atoms. The zero-order valence-corrected chi connectivity index (χ0v) is 17.0. The zero-order valence-electron chi connectivity index (χ0n) is 16.2. The van der Waals surface area contributed by atoms with Gasteiger partial charge in [-0.25, -0.2) is 9.18 Å². The van der Waals surface area contributed by atoms with Crippen molar-refractivity contribution in [3.8, 4) is 0 Å². The van der Waals surface area contributed by atoms with Gasteiger partial charge in [-0.3, -0.25) is 9.00 Å². The summed E-state index contributed by atoms with van der Waals surface area (Å²) in [7, 11) is -1.47. The van der Waals surface area contributed by atoms with Crippen LogP contribution in [-0.4, -0.2) is 27.6 Å². The highest BCUT2D eigenvalue weighted by Crippen LogP contribution is 2.35. The van der Waals surface area contributed by atoms with E-state index in [2.05, 4.69) is 0 Å². The van der Waals surface area contributed by atoms with E-state index in [9.17, 15) is 23.3 Å².